The van der Waals surface area contributed by atoms with Gasteiger partial charge in [-0.3, -0.25) is 0 Å². The molecule has 248 valence electrons. The van der Waals surface area contributed by atoms with Gasteiger partial charge in [0, 0.05) is 29.9 Å². The van der Waals surface area contributed by atoms with E-state index >= 15 is 0 Å². The Morgan fingerprint density at radius 1 is 0.442 bits per heavy atom. The lowest BCUT2D eigenvalue weighted by atomic mass is 9.68. The van der Waals surface area contributed by atoms with Crippen LogP contribution in [0.15, 0.2) is 169 Å². The smallest absolute Gasteiger partial charge is 0.0729 e. The molecule has 1 nitrogen and oxygen atoms in total. The summed E-state index contributed by atoms with van der Waals surface area (Å²) in [6.07, 6.45) is 38.8. The summed E-state index contributed by atoms with van der Waals surface area (Å²) in [5.41, 5.74) is 24.1. The molecule has 7 aliphatic carbocycles. The summed E-state index contributed by atoms with van der Waals surface area (Å²) in [5.74, 6) is 0. The van der Waals surface area contributed by atoms with Gasteiger partial charge in [0.1, 0.15) is 0 Å². The van der Waals surface area contributed by atoms with Gasteiger partial charge in [0.15, 0.2) is 0 Å². The van der Waals surface area contributed by atoms with E-state index in [0.717, 1.165) is 32.1 Å². The summed E-state index contributed by atoms with van der Waals surface area (Å²) in [5, 5.41) is 0. The second-order valence-corrected chi connectivity index (χ2v) is 15.0. The molecule has 0 saturated heterocycles. The molecular formula is C51H39N. The van der Waals surface area contributed by atoms with Crippen LogP contribution >= 0.6 is 0 Å². The van der Waals surface area contributed by atoms with E-state index in [-0.39, 0.29) is 0 Å². The lowest BCUT2D eigenvalue weighted by Gasteiger charge is -2.34. The Labute approximate surface area is 306 Å². The predicted molar refractivity (Wildman–Crippen MR) is 219 cm³/mol. The number of fused-ring (bicyclic) bond motifs is 10. The summed E-state index contributed by atoms with van der Waals surface area (Å²) in [7, 11) is 0. The van der Waals surface area contributed by atoms with Gasteiger partial charge in [-0.2, -0.15) is 0 Å². The highest BCUT2D eigenvalue weighted by atomic mass is 15.2. The lowest BCUT2D eigenvalue weighted by molar-refractivity contribution is 0.784. The average molecular weight is 666 g/mol. The van der Waals surface area contributed by atoms with E-state index in [9.17, 15) is 0 Å². The second-order valence-electron chi connectivity index (χ2n) is 15.0. The fraction of sp³-hybridized carbons (Fsp3) is 0.137. The van der Waals surface area contributed by atoms with Crippen LogP contribution in [0.1, 0.15) is 76.6 Å². The third-order valence-electron chi connectivity index (χ3n) is 12.4. The predicted octanol–water partition coefficient (Wildman–Crippen LogP) is 12.9. The minimum Gasteiger partial charge on any atom is -0.317 e. The van der Waals surface area contributed by atoms with Crippen LogP contribution in [0.25, 0.3) is 39.0 Å². The van der Waals surface area contributed by atoms with Gasteiger partial charge < -0.3 is 4.90 Å². The third kappa shape index (κ3) is 4.11. The van der Waals surface area contributed by atoms with E-state index in [4.69, 9.17) is 0 Å². The minimum atomic E-state index is -0.473. The van der Waals surface area contributed by atoms with E-state index < -0.39 is 5.41 Å². The van der Waals surface area contributed by atoms with E-state index in [0.29, 0.717) is 0 Å². The van der Waals surface area contributed by atoms with Gasteiger partial charge in [-0.1, -0.05) is 121 Å². The average Bonchev–Trinajstić information content (AvgIpc) is 4.04. The SMILES string of the molecule is Cc1c(C2=CC=CC2)ccc2c1C1(c3cc(C4=CC=CC4)ccc3-c3ccc(N(C4=CC=CC4)C4=CC=CC4)cc31)c1cc(C3=CC=CC3)ccc1-2. The van der Waals surface area contributed by atoms with Gasteiger partial charge in [0.25, 0.3) is 0 Å². The lowest BCUT2D eigenvalue weighted by Crippen LogP contribution is -2.28. The molecule has 0 aliphatic heterocycles. The number of hydrogen-bond acceptors (Lipinski definition) is 1. The minimum absolute atomic E-state index is 0.473. The van der Waals surface area contributed by atoms with Gasteiger partial charge in [-0.05, 0) is 146 Å². The van der Waals surface area contributed by atoms with Crippen LogP contribution in [0, 0.1) is 6.92 Å². The molecule has 11 rings (SSSR count). The van der Waals surface area contributed by atoms with Crippen molar-refractivity contribution in [2.24, 2.45) is 0 Å². The summed E-state index contributed by atoms with van der Waals surface area (Å²) in [6.45, 7) is 2.40. The molecule has 4 aromatic rings. The zero-order valence-corrected chi connectivity index (χ0v) is 29.5. The van der Waals surface area contributed by atoms with E-state index in [2.05, 4.69) is 170 Å². The maximum atomic E-state index is 2.56. The van der Waals surface area contributed by atoms with Crippen molar-refractivity contribution < 1.29 is 0 Å². The fourth-order valence-corrected chi connectivity index (χ4v) is 10.1. The Bertz CT molecular complexity index is 2520. The van der Waals surface area contributed by atoms with Crippen molar-refractivity contribution in [3.05, 3.63) is 214 Å². The van der Waals surface area contributed by atoms with Crippen molar-refractivity contribution in [1.82, 2.24) is 0 Å². The first-order chi connectivity index (χ1) is 25.7. The highest BCUT2D eigenvalue weighted by Gasteiger charge is 2.53. The normalized spacial score (nSPS) is 20.7. The highest BCUT2D eigenvalue weighted by molar-refractivity contribution is 5.99. The van der Waals surface area contributed by atoms with Gasteiger partial charge in [-0.15, -0.1) is 0 Å². The highest BCUT2D eigenvalue weighted by Crippen LogP contribution is 2.65. The number of anilines is 1. The maximum Gasteiger partial charge on any atom is 0.0729 e. The standard InChI is InChI=1S/C51H39N/c1-33-42(36-16-6-7-17-36)28-29-46-45-26-23-38(35-14-4-5-15-35)31-48(45)51(50(33)46)47-30-37(34-12-2-3-13-34)22-25-43(47)44-27-24-41(32-49(44)51)52(39-18-8-9-19-39)40-20-10-11-21-40/h2-12,14,16,18,20,22-32H,13,15,17,19,21H2,1H3. The Kier molecular flexibility index (Phi) is 6.47. The molecule has 1 spiro atoms. The molecule has 0 bridgehead atoms. The molecule has 1 unspecified atom stereocenters. The summed E-state index contributed by atoms with van der Waals surface area (Å²) < 4.78 is 0. The molecule has 4 aromatic carbocycles. The van der Waals surface area contributed by atoms with Crippen molar-refractivity contribution in [3.63, 3.8) is 0 Å². The van der Waals surface area contributed by atoms with E-state index in [1.165, 1.54) is 101 Å². The summed E-state index contributed by atoms with van der Waals surface area (Å²) >= 11 is 0. The molecule has 0 saturated carbocycles. The first kappa shape index (κ1) is 29.8. The quantitative estimate of drug-likeness (QED) is 0.171. The van der Waals surface area contributed by atoms with Crippen LogP contribution in [0.4, 0.5) is 5.69 Å². The Balaban J connectivity index is 1.24. The largest absolute Gasteiger partial charge is 0.317 e. The van der Waals surface area contributed by atoms with Crippen LogP contribution in [0.3, 0.4) is 0 Å². The van der Waals surface area contributed by atoms with Gasteiger partial charge in [0.05, 0.1) is 5.41 Å². The molecule has 0 heterocycles. The molecule has 1 heteroatoms. The summed E-state index contributed by atoms with van der Waals surface area (Å²) in [6, 6.07) is 26.9. The Hall–Kier alpha value is -5.92. The molecule has 0 fully saturated rings. The van der Waals surface area contributed by atoms with Crippen molar-refractivity contribution in [3.8, 4) is 22.3 Å². The third-order valence-corrected chi connectivity index (χ3v) is 12.4. The number of allylic oxidation sites excluding steroid dienone is 18. The maximum absolute atomic E-state index is 2.56. The fourth-order valence-electron chi connectivity index (χ4n) is 10.1. The van der Waals surface area contributed by atoms with Crippen LogP contribution in [0.5, 0.6) is 0 Å². The van der Waals surface area contributed by atoms with Crippen LogP contribution in [0.2, 0.25) is 0 Å². The molecule has 1 atom stereocenters. The van der Waals surface area contributed by atoms with Gasteiger partial charge in [0.2, 0.25) is 0 Å². The molecular weight excluding hydrogens is 627 g/mol. The number of benzene rings is 4. The Morgan fingerprint density at radius 3 is 1.44 bits per heavy atom. The van der Waals surface area contributed by atoms with E-state index in [1.54, 1.807) is 0 Å². The van der Waals surface area contributed by atoms with Gasteiger partial charge in [-0.25, -0.2) is 0 Å². The molecule has 0 radical (unpaired) electrons. The number of rotatable bonds is 6. The topological polar surface area (TPSA) is 3.24 Å². The Morgan fingerprint density at radius 2 is 0.904 bits per heavy atom. The van der Waals surface area contributed by atoms with Crippen LogP contribution in [-0.2, 0) is 5.41 Å². The molecule has 52 heavy (non-hydrogen) atoms. The molecule has 0 aromatic heterocycles. The van der Waals surface area contributed by atoms with Crippen molar-refractivity contribution in [2.75, 3.05) is 4.90 Å². The van der Waals surface area contributed by atoms with Crippen LogP contribution in [-0.4, -0.2) is 0 Å². The van der Waals surface area contributed by atoms with Crippen LogP contribution < -0.4 is 4.90 Å². The first-order valence-electron chi connectivity index (χ1n) is 18.9. The number of hydrogen-bond donors (Lipinski definition) is 0. The van der Waals surface area contributed by atoms with Crippen molar-refractivity contribution in [2.45, 2.75) is 44.4 Å². The van der Waals surface area contributed by atoms with E-state index in [1.807, 2.05) is 0 Å². The number of nitrogens with zero attached hydrogens (tertiary/aromatic N) is 1. The summed E-state index contributed by atoms with van der Waals surface area (Å²) in [4.78, 5) is 2.53. The van der Waals surface area contributed by atoms with Crippen molar-refractivity contribution >= 4 is 22.4 Å². The second kappa shape index (κ2) is 11.3. The zero-order chi connectivity index (χ0) is 34.4. The zero-order valence-electron chi connectivity index (χ0n) is 29.5. The molecule has 0 N–H and O–H groups in total. The molecule has 0 amide bonds. The monoisotopic (exact) mass is 665 g/mol. The van der Waals surface area contributed by atoms with Gasteiger partial charge >= 0.3 is 0 Å². The molecule has 7 aliphatic rings. The first-order valence-corrected chi connectivity index (χ1v) is 18.9. The van der Waals surface area contributed by atoms with Crippen molar-refractivity contribution in [1.29, 1.82) is 0 Å².